The van der Waals surface area contributed by atoms with Crippen molar-refractivity contribution in [3.8, 4) is 0 Å². The third kappa shape index (κ3) is 6.12. The molecule has 0 bridgehead atoms. The Morgan fingerprint density at radius 1 is 1.58 bits per heavy atom. The summed E-state index contributed by atoms with van der Waals surface area (Å²) in [6.07, 6.45) is -0.317. The fourth-order valence-electron chi connectivity index (χ4n) is 1.39. The first-order valence-electron chi connectivity index (χ1n) is 3.85. The van der Waals surface area contributed by atoms with Gasteiger partial charge in [0, 0.05) is 12.4 Å². The third-order valence-electron chi connectivity index (χ3n) is 1.34. The lowest BCUT2D eigenvalue weighted by molar-refractivity contribution is -0.876. The van der Waals surface area contributed by atoms with E-state index >= 15 is 0 Å². The number of aliphatic hydroxyl groups is 1. The third-order valence-corrected chi connectivity index (χ3v) is 1.34. The highest BCUT2D eigenvalue weighted by atomic mass is 16.4. The quantitative estimate of drug-likeness (QED) is 0.536. The van der Waals surface area contributed by atoms with E-state index in [2.05, 4.69) is 0 Å². The summed E-state index contributed by atoms with van der Waals surface area (Å²) in [5, 5.41) is 19.8. The van der Waals surface area contributed by atoms with E-state index in [-0.39, 0.29) is 6.42 Å². The van der Waals surface area contributed by atoms with Gasteiger partial charge in [-0.2, -0.15) is 0 Å². The largest absolute Gasteiger partial charge is 0.550 e. The zero-order valence-electron chi connectivity index (χ0n) is 8.13. The first kappa shape index (κ1) is 11.4. The van der Waals surface area contributed by atoms with E-state index in [0.717, 1.165) is 0 Å². The van der Waals surface area contributed by atoms with Crippen molar-refractivity contribution >= 4 is 5.97 Å². The molecule has 0 heterocycles. The van der Waals surface area contributed by atoms with Gasteiger partial charge in [-0.25, -0.2) is 0 Å². The van der Waals surface area contributed by atoms with E-state index < -0.39 is 11.6 Å². The summed E-state index contributed by atoms with van der Waals surface area (Å²) in [5.74, 6) is -1.21. The van der Waals surface area contributed by atoms with Crippen molar-refractivity contribution < 1.29 is 19.5 Å². The Bertz CT molecular complexity index is 170. The number of carbonyl (C=O) groups excluding carboxylic acids is 1. The van der Waals surface area contributed by atoms with Crippen LogP contribution in [-0.4, -0.2) is 48.8 Å². The van der Waals surface area contributed by atoms with Crippen LogP contribution in [0.25, 0.3) is 0 Å². The summed E-state index contributed by atoms with van der Waals surface area (Å²) in [7, 11) is 5.68. The van der Waals surface area contributed by atoms with Gasteiger partial charge in [-0.05, 0) is 6.92 Å². The highest BCUT2D eigenvalue weighted by Crippen LogP contribution is 2.12. The molecule has 0 aliphatic heterocycles. The molecular formula is C8H17NO3. The molecule has 0 rings (SSSR count). The lowest BCUT2D eigenvalue weighted by atomic mass is 10.1. The van der Waals surface area contributed by atoms with Crippen LogP contribution in [0.2, 0.25) is 0 Å². The predicted molar refractivity (Wildman–Crippen MR) is 43.1 cm³/mol. The van der Waals surface area contributed by atoms with Crippen molar-refractivity contribution in [2.75, 3.05) is 27.7 Å². The lowest BCUT2D eigenvalue weighted by Gasteiger charge is -2.33. The van der Waals surface area contributed by atoms with E-state index in [9.17, 15) is 15.0 Å². The van der Waals surface area contributed by atoms with Gasteiger partial charge in [-0.15, -0.1) is 0 Å². The van der Waals surface area contributed by atoms with Crippen molar-refractivity contribution in [2.45, 2.75) is 18.9 Å². The standard InChI is InChI=1S/C8H17NO3/c1-8(12,5-7(10)11)6-9(2,3)4/h12H,5-6H2,1-4H3/t8-/m1/s1/i1+2. The minimum absolute atomic E-state index is 0.317. The molecule has 0 fully saturated rings. The molecule has 12 heavy (non-hydrogen) atoms. The van der Waals surface area contributed by atoms with Gasteiger partial charge in [-0.1, -0.05) is 0 Å². The maximum atomic E-state index is 10.2. The number of nitrogens with zero attached hydrogens (tertiary/aromatic N) is 1. The van der Waals surface area contributed by atoms with Crippen molar-refractivity contribution in [1.29, 1.82) is 0 Å². The van der Waals surface area contributed by atoms with Crippen LogP contribution in [0, 0.1) is 0 Å². The minimum Gasteiger partial charge on any atom is -0.550 e. The van der Waals surface area contributed by atoms with Gasteiger partial charge in [0.15, 0.2) is 0 Å². The van der Waals surface area contributed by atoms with E-state index in [1.165, 1.54) is 6.92 Å². The van der Waals surface area contributed by atoms with E-state index in [1.54, 1.807) is 0 Å². The number of hydrogen-bond acceptors (Lipinski definition) is 3. The Balaban J connectivity index is 4.13. The van der Waals surface area contributed by atoms with Gasteiger partial charge in [-0.3, -0.25) is 0 Å². The monoisotopic (exact) mass is 177 g/mol. The number of hydrogen-bond donors (Lipinski definition) is 1. The molecule has 1 atom stereocenters. The molecule has 0 aromatic heterocycles. The average molecular weight is 177 g/mol. The van der Waals surface area contributed by atoms with Crippen molar-refractivity contribution in [3.63, 3.8) is 0 Å². The summed E-state index contributed by atoms with van der Waals surface area (Å²) in [6, 6.07) is 0. The SMILES string of the molecule is C[N+](C)(C)C[C@]([14CH3])(O)CC(=O)[O-]. The van der Waals surface area contributed by atoms with Crippen LogP contribution in [-0.2, 0) is 4.79 Å². The van der Waals surface area contributed by atoms with Crippen LogP contribution in [0.4, 0.5) is 0 Å². The number of rotatable bonds is 4. The molecule has 0 unspecified atom stereocenters. The maximum absolute atomic E-state index is 10.2. The molecule has 4 nitrogen and oxygen atoms in total. The Kier molecular flexibility index (Phi) is 3.24. The number of carbonyl (C=O) groups is 1. The molecule has 0 spiro atoms. The van der Waals surface area contributed by atoms with Crippen LogP contribution in [0.15, 0.2) is 0 Å². The maximum Gasteiger partial charge on any atom is 0.116 e. The second kappa shape index (κ2) is 3.41. The molecule has 0 saturated heterocycles. The summed E-state index contributed by atoms with van der Waals surface area (Å²) >= 11 is 0. The van der Waals surface area contributed by atoms with Gasteiger partial charge in [0.2, 0.25) is 0 Å². The Morgan fingerprint density at radius 2 is 2.00 bits per heavy atom. The first-order valence-corrected chi connectivity index (χ1v) is 3.85. The second-order valence-electron chi connectivity index (χ2n) is 4.49. The summed E-state index contributed by atoms with van der Waals surface area (Å²) in [6.45, 7) is 1.90. The van der Waals surface area contributed by atoms with Crippen LogP contribution >= 0.6 is 0 Å². The van der Waals surface area contributed by atoms with Crippen LogP contribution in [0.1, 0.15) is 13.3 Å². The highest BCUT2D eigenvalue weighted by molar-refractivity contribution is 5.65. The van der Waals surface area contributed by atoms with Crippen LogP contribution in [0.3, 0.4) is 0 Å². The van der Waals surface area contributed by atoms with E-state index in [4.69, 9.17) is 0 Å². The van der Waals surface area contributed by atoms with E-state index in [0.29, 0.717) is 11.0 Å². The van der Waals surface area contributed by atoms with Crippen LogP contribution in [0.5, 0.6) is 0 Å². The zero-order chi connectivity index (χ0) is 9.99. The van der Waals surface area contributed by atoms with Crippen molar-refractivity contribution in [2.24, 2.45) is 0 Å². The second-order valence-corrected chi connectivity index (χ2v) is 4.49. The predicted octanol–water partition coefficient (Wildman–Crippen LogP) is -1.42. The molecule has 0 aliphatic carbocycles. The summed E-state index contributed by atoms with van der Waals surface area (Å²) in [4.78, 5) is 10.2. The Labute approximate surface area is 73.0 Å². The molecule has 72 valence electrons. The fourth-order valence-corrected chi connectivity index (χ4v) is 1.39. The molecule has 0 aromatic carbocycles. The van der Waals surface area contributed by atoms with Gasteiger partial charge in [0.1, 0.15) is 12.1 Å². The number of carboxylic acids is 1. The molecule has 0 aromatic rings. The average Bonchev–Trinajstić information content (AvgIpc) is 1.48. The molecule has 0 radical (unpaired) electrons. The van der Waals surface area contributed by atoms with Crippen molar-refractivity contribution in [3.05, 3.63) is 0 Å². The van der Waals surface area contributed by atoms with Gasteiger partial charge in [0.05, 0.1) is 21.1 Å². The zero-order valence-corrected chi connectivity index (χ0v) is 8.13. The number of quaternary nitrogens is 1. The lowest BCUT2D eigenvalue weighted by Crippen LogP contribution is -2.50. The van der Waals surface area contributed by atoms with Gasteiger partial charge < -0.3 is 19.5 Å². The molecule has 0 aliphatic rings. The van der Waals surface area contributed by atoms with Gasteiger partial charge >= 0.3 is 0 Å². The molecule has 1 N–H and O–H groups in total. The molecular weight excluding hydrogens is 160 g/mol. The topological polar surface area (TPSA) is 60.4 Å². The number of carboxylic acid groups (broad SMARTS) is 1. The molecule has 0 saturated carbocycles. The summed E-state index contributed by atoms with van der Waals surface area (Å²) in [5.41, 5.74) is -1.18. The van der Waals surface area contributed by atoms with Gasteiger partial charge in [0.25, 0.3) is 0 Å². The fraction of sp³-hybridized carbons (Fsp3) is 0.875. The molecule has 4 heteroatoms. The normalized spacial score (nSPS) is 17.1. The smallest absolute Gasteiger partial charge is 0.116 e. The van der Waals surface area contributed by atoms with Crippen LogP contribution < -0.4 is 5.11 Å². The highest BCUT2D eigenvalue weighted by Gasteiger charge is 2.28. The first-order chi connectivity index (χ1) is 5.12. The number of aliphatic carboxylic acids is 1. The summed E-state index contributed by atoms with van der Waals surface area (Å²) < 4.78 is 0.528. The Morgan fingerprint density at radius 3 is 2.25 bits per heavy atom. The Hall–Kier alpha value is -0.610. The number of likely N-dealkylation sites (N-methyl/N-ethyl adjacent to an activating group) is 1. The van der Waals surface area contributed by atoms with Crippen molar-refractivity contribution in [1.82, 2.24) is 0 Å². The van der Waals surface area contributed by atoms with E-state index in [1.807, 2.05) is 21.1 Å². The minimum atomic E-state index is -1.21. The molecule has 0 amide bonds.